The van der Waals surface area contributed by atoms with Crippen molar-refractivity contribution in [1.29, 1.82) is 0 Å². The fourth-order valence-corrected chi connectivity index (χ4v) is 3.30. The van der Waals surface area contributed by atoms with Crippen molar-refractivity contribution in [2.45, 2.75) is 11.8 Å². The number of oxazole rings is 1. The van der Waals surface area contributed by atoms with E-state index in [0.717, 1.165) is 5.56 Å². The number of hydrogen-bond donors (Lipinski definition) is 1. The van der Waals surface area contributed by atoms with Gasteiger partial charge in [0.15, 0.2) is 5.89 Å². The molecule has 1 N–H and O–H groups in total. The molecule has 0 fully saturated rings. The van der Waals surface area contributed by atoms with Gasteiger partial charge in [-0.3, -0.25) is 4.72 Å². The van der Waals surface area contributed by atoms with Gasteiger partial charge in [-0.25, -0.2) is 13.4 Å². The summed E-state index contributed by atoms with van der Waals surface area (Å²) in [6.45, 7) is 1.75. The van der Waals surface area contributed by atoms with Crippen molar-refractivity contribution in [2.75, 3.05) is 11.8 Å². The lowest BCUT2D eigenvalue weighted by molar-refractivity contribution is 0.417. The lowest BCUT2D eigenvalue weighted by Gasteiger charge is -2.11. The van der Waals surface area contributed by atoms with Crippen molar-refractivity contribution in [1.82, 2.24) is 4.98 Å². The van der Waals surface area contributed by atoms with E-state index in [2.05, 4.69) is 9.71 Å². The van der Waals surface area contributed by atoms with Crippen LogP contribution >= 0.6 is 0 Å². The van der Waals surface area contributed by atoms with Crippen LogP contribution in [0.25, 0.3) is 11.3 Å². The molecule has 0 aliphatic heterocycles. The van der Waals surface area contributed by atoms with E-state index in [1.165, 1.54) is 25.5 Å². The third-order valence-electron chi connectivity index (χ3n) is 3.43. The molecule has 7 heteroatoms. The normalized spacial score (nSPS) is 11.2. The van der Waals surface area contributed by atoms with Crippen molar-refractivity contribution < 1.29 is 17.6 Å². The number of para-hydroxylation sites is 2. The molecule has 0 radical (unpaired) electrons. The monoisotopic (exact) mass is 344 g/mol. The Morgan fingerprint density at radius 1 is 1.08 bits per heavy atom. The minimum absolute atomic E-state index is 0.150. The third kappa shape index (κ3) is 3.26. The summed E-state index contributed by atoms with van der Waals surface area (Å²) in [4.78, 5) is 4.37. The van der Waals surface area contributed by atoms with E-state index in [-0.39, 0.29) is 4.90 Å². The van der Waals surface area contributed by atoms with Crippen LogP contribution in [0, 0.1) is 6.92 Å². The summed E-state index contributed by atoms with van der Waals surface area (Å²) in [5.74, 6) is 1.01. The number of aromatic nitrogens is 1. The Hall–Kier alpha value is -2.80. The molecule has 1 heterocycles. The number of methoxy groups -OCH3 is 1. The number of benzene rings is 2. The second kappa shape index (κ2) is 6.37. The molecule has 2 aromatic carbocycles. The SMILES string of the molecule is COc1ccccc1NS(=O)(=O)c1ccc(-c2coc(C)n2)cc1. The summed E-state index contributed by atoms with van der Waals surface area (Å²) < 4.78 is 37.9. The van der Waals surface area contributed by atoms with E-state index in [1.54, 1.807) is 43.3 Å². The van der Waals surface area contributed by atoms with E-state index < -0.39 is 10.0 Å². The zero-order valence-corrected chi connectivity index (χ0v) is 14.0. The first kappa shape index (κ1) is 16.1. The van der Waals surface area contributed by atoms with Crippen molar-refractivity contribution in [3.05, 3.63) is 60.7 Å². The maximum Gasteiger partial charge on any atom is 0.262 e. The van der Waals surface area contributed by atoms with Crippen LogP contribution in [0.4, 0.5) is 5.69 Å². The van der Waals surface area contributed by atoms with Crippen LogP contribution in [-0.2, 0) is 10.0 Å². The average Bonchev–Trinajstić information content (AvgIpc) is 3.02. The molecule has 0 aliphatic carbocycles. The molecule has 0 aliphatic rings. The molecule has 0 saturated heterocycles. The lowest BCUT2D eigenvalue weighted by Crippen LogP contribution is -2.13. The molecule has 24 heavy (non-hydrogen) atoms. The predicted molar refractivity (Wildman–Crippen MR) is 90.5 cm³/mol. The topological polar surface area (TPSA) is 81.4 Å². The maximum absolute atomic E-state index is 12.5. The van der Waals surface area contributed by atoms with Crippen LogP contribution in [0.3, 0.4) is 0 Å². The van der Waals surface area contributed by atoms with Crippen molar-refractivity contribution in [3.8, 4) is 17.0 Å². The molecule has 0 saturated carbocycles. The summed E-state index contributed by atoms with van der Waals surface area (Å²) in [7, 11) is -2.23. The van der Waals surface area contributed by atoms with Crippen LogP contribution in [0.2, 0.25) is 0 Å². The number of hydrogen-bond acceptors (Lipinski definition) is 5. The minimum Gasteiger partial charge on any atom is -0.495 e. The van der Waals surface area contributed by atoms with Crippen LogP contribution < -0.4 is 9.46 Å². The number of rotatable bonds is 5. The Bertz CT molecular complexity index is 947. The van der Waals surface area contributed by atoms with E-state index >= 15 is 0 Å². The summed E-state index contributed by atoms with van der Waals surface area (Å²) in [5.41, 5.74) is 1.83. The Morgan fingerprint density at radius 3 is 2.42 bits per heavy atom. The van der Waals surface area contributed by atoms with Gasteiger partial charge in [-0.05, 0) is 24.3 Å². The molecule has 0 unspecified atom stereocenters. The summed E-state index contributed by atoms with van der Waals surface area (Å²) in [6, 6.07) is 13.3. The highest BCUT2D eigenvalue weighted by atomic mass is 32.2. The van der Waals surface area contributed by atoms with Gasteiger partial charge in [0.25, 0.3) is 10.0 Å². The van der Waals surface area contributed by atoms with Gasteiger partial charge < -0.3 is 9.15 Å². The molecule has 6 nitrogen and oxygen atoms in total. The van der Waals surface area contributed by atoms with Gasteiger partial charge in [0.05, 0.1) is 17.7 Å². The number of nitrogens with one attached hydrogen (secondary N) is 1. The maximum atomic E-state index is 12.5. The molecule has 0 amide bonds. The summed E-state index contributed by atoms with van der Waals surface area (Å²) in [5, 5.41) is 0. The molecular weight excluding hydrogens is 328 g/mol. The van der Waals surface area contributed by atoms with Crippen molar-refractivity contribution in [2.24, 2.45) is 0 Å². The van der Waals surface area contributed by atoms with Gasteiger partial charge >= 0.3 is 0 Å². The zero-order chi connectivity index (χ0) is 17.2. The molecule has 1 aromatic heterocycles. The summed E-state index contributed by atoms with van der Waals surface area (Å²) >= 11 is 0. The Morgan fingerprint density at radius 2 is 1.79 bits per heavy atom. The lowest BCUT2D eigenvalue weighted by atomic mass is 10.2. The molecule has 0 atom stereocenters. The van der Waals surface area contributed by atoms with Gasteiger partial charge in [-0.1, -0.05) is 24.3 Å². The number of aryl methyl sites for hydroxylation is 1. The highest BCUT2D eigenvalue weighted by Crippen LogP contribution is 2.27. The van der Waals surface area contributed by atoms with Gasteiger partial charge in [-0.15, -0.1) is 0 Å². The van der Waals surface area contributed by atoms with Crippen molar-refractivity contribution >= 4 is 15.7 Å². The van der Waals surface area contributed by atoms with Crippen LogP contribution in [0.15, 0.2) is 64.1 Å². The highest BCUT2D eigenvalue weighted by molar-refractivity contribution is 7.92. The van der Waals surface area contributed by atoms with E-state index in [4.69, 9.17) is 9.15 Å². The third-order valence-corrected chi connectivity index (χ3v) is 4.81. The molecule has 3 aromatic rings. The molecule has 0 spiro atoms. The Balaban J connectivity index is 1.87. The quantitative estimate of drug-likeness (QED) is 0.766. The summed E-state index contributed by atoms with van der Waals surface area (Å²) in [6.07, 6.45) is 1.53. The van der Waals surface area contributed by atoms with Gasteiger partial charge in [0.1, 0.15) is 17.7 Å². The predicted octanol–water partition coefficient (Wildman–Crippen LogP) is 3.46. The molecule has 124 valence electrons. The standard InChI is InChI=1S/C17H16N2O4S/c1-12-18-16(11-23-12)13-7-9-14(10-8-13)24(20,21)19-15-5-3-4-6-17(15)22-2/h3-11,19H,1-2H3. The van der Waals surface area contributed by atoms with Crippen LogP contribution in [-0.4, -0.2) is 20.5 Å². The minimum atomic E-state index is -3.71. The highest BCUT2D eigenvalue weighted by Gasteiger charge is 2.16. The number of nitrogens with zero attached hydrogens (tertiary/aromatic N) is 1. The van der Waals surface area contributed by atoms with E-state index in [0.29, 0.717) is 23.0 Å². The van der Waals surface area contributed by atoms with E-state index in [9.17, 15) is 8.42 Å². The van der Waals surface area contributed by atoms with Crippen LogP contribution in [0.1, 0.15) is 5.89 Å². The molecule has 0 bridgehead atoms. The van der Waals surface area contributed by atoms with E-state index in [1.807, 2.05) is 0 Å². The first-order valence-electron chi connectivity index (χ1n) is 7.18. The second-order valence-corrected chi connectivity index (χ2v) is 6.76. The van der Waals surface area contributed by atoms with Crippen molar-refractivity contribution in [3.63, 3.8) is 0 Å². The zero-order valence-electron chi connectivity index (χ0n) is 13.2. The fourth-order valence-electron chi connectivity index (χ4n) is 2.23. The molecular formula is C17H16N2O4S. The first-order chi connectivity index (χ1) is 11.5. The Kier molecular flexibility index (Phi) is 4.26. The first-order valence-corrected chi connectivity index (χ1v) is 8.66. The number of sulfonamides is 1. The molecule has 3 rings (SSSR count). The van der Waals surface area contributed by atoms with Gasteiger partial charge in [0, 0.05) is 12.5 Å². The largest absolute Gasteiger partial charge is 0.495 e. The number of ether oxygens (including phenoxy) is 1. The van der Waals surface area contributed by atoms with Gasteiger partial charge in [-0.2, -0.15) is 0 Å². The number of anilines is 1. The fraction of sp³-hybridized carbons (Fsp3) is 0.118. The second-order valence-electron chi connectivity index (χ2n) is 5.08. The van der Waals surface area contributed by atoms with Gasteiger partial charge in [0.2, 0.25) is 0 Å². The van der Waals surface area contributed by atoms with Crippen LogP contribution in [0.5, 0.6) is 5.75 Å². The smallest absolute Gasteiger partial charge is 0.262 e. The Labute approximate surface area is 140 Å². The average molecular weight is 344 g/mol.